The van der Waals surface area contributed by atoms with Crippen LogP contribution in [-0.2, 0) is 9.59 Å². The number of hydrogen-bond acceptors (Lipinski definition) is 2. The molecule has 4 nitrogen and oxygen atoms in total. The quantitative estimate of drug-likeness (QED) is 0.917. The van der Waals surface area contributed by atoms with Crippen molar-refractivity contribution in [2.45, 2.75) is 32.7 Å². The SMILES string of the molecule is CCC(C)N1CC(C(=O)Nc2ccccc2Br)CC1=O. The van der Waals surface area contributed by atoms with E-state index in [1.54, 1.807) is 0 Å². The predicted octanol–water partition coefficient (Wildman–Crippen LogP) is 3.03. The second-order valence-electron chi connectivity index (χ2n) is 5.17. The number of halogens is 1. The summed E-state index contributed by atoms with van der Waals surface area (Å²) < 4.78 is 0.844. The van der Waals surface area contributed by atoms with E-state index in [9.17, 15) is 9.59 Å². The van der Waals surface area contributed by atoms with E-state index in [2.05, 4.69) is 21.2 Å². The Labute approximate surface area is 127 Å². The summed E-state index contributed by atoms with van der Waals surface area (Å²) in [5, 5.41) is 2.89. The molecule has 1 heterocycles. The molecule has 5 heteroatoms. The van der Waals surface area contributed by atoms with Gasteiger partial charge in [0.1, 0.15) is 0 Å². The summed E-state index contributed by atoms with van der Waals surface area (Å²) in [7, 11) is 0. The van der Waals surface area contributed by atoms with Crippen LogP contribution < -0.4 is 5.32 Å². The fourth-order valence-electron chi connectivity index (χ4n) is 2.35. The Kier molecular flexibility index (Phi) is 4.81. The molecule has 2 amide bonds. The number of benzene rings is 1. The molecule has 2 rings (SSSR count). The van der Waals surface area contributed by atoms with E-state index in [1.807, 2.05) is 43.0 Å². The Morgan fingerprint density at radius 3 is 2.85 bits per heavy atom. The largest absolute Gasteiger partial charge is 0.339 e. The molecular weight excluding hydrogens is 320 g/mol. The van der Waals surface area contributed by atoms with Crippen molar-refractivity contribution in [2.75, 3.05) is 11.9 Å². The van der Waals surface area contributed by atoms with Crippen LogP contribution in [-0.4, -0.2) is 29.3 Å². The van der Waals surface area contributed by atoms with Crippen molar-refractivity contribution in [1.29, 1.82) is 0 Å². The van der Waals surface area contributed by atoms with E-state index in [-0.39, 0.29) is 23.8 Å². The number of nitrogens with one attached hydrogen (secondary N) is 1. The van der Waals surface area contributed by atoms with Gasteiger partial charge in [-0.15, -0.1) is 0 Å². The molecule has 1 saturated heterocycles. The number of anilines is 1. The Hall–Kier alpha value is -1.36. The minimum Gasteiger partial charge on any atom is -0.339 e. The number of carbonyl (C=O) groups excluding carboxylic acids is 2. The van der Waals surface area contributed by atoms with Crippen LogP contribution in [0.4, 0.5) is 5.69 Å². The fraction of sp³-hybridized carbons (Fsp3) is 0.467. The van der Waals surface area contributed by atoms with E-state index in [0.29, 0.717) is 13.0 Å². The number of likely N-dealkylation sites (tertiary alicyclic amines) is 1. The van der Waals surface area contributed by atoms with Gasteiger partial charge < -0.3 is 10.2 Å². The van der Waals surface area contributed by atoms with E-state index in [1.165, 1.54) is 0 Å². The standard InChI is InChI=1S/C15H19BrN2O2/c1-3-10(2)18-9-11(8-14(18)19)15(20)17-13-7-5-4-6-12(13)16/h4-7,10-11H,3,8-9H2,1-2H3,(H,17,20). The smallest absolute Gasteiger partial charge is 0.229 e. The maximum atomic E-state index is 12.3. The van der Waals surface area contributed by atoms with E-state index in [0.717, 1.165) is 16.6 Å². The van der Waals surface area contributed by atoms with E-state index >= 15 is 0 Å². The van der Waals surface area contributed by atoms with Crippen LogP contribution in [0.5, 0.6) is 0 Å². The lowest BCUT2D eigenvalue weighted by Gasteiger charge is -2.23. The third-order valence-electron chi connectivity index (χ3n) is 3.78. The molecule has 2 atom stereocenters. The summed E-state index contributed by atoms with van der Waals surface area (Å²) in [4.78, 5) is 26.0. The molecule has 0 aromatic heterocycles. The van der Waals surface area contributed by atoms with Crippen molar-refractivity contribution in [3.05, 3.63) is 28.7 Å². The van der Waals surface area contributed by atoms with Gasteiger partial charge >= 0.3 is 0 Å². The van der Waals surface area contributed by atoms with Crippen molar-refractivity contribution in [3.63, 3.8) is 0 Å². The molecule has 1 aliphatic heterocycles. The van der Waals surface area contributed by atoms with Crippen molar-refractivity contribution in [1.82, 2.24) is 4.90 Å². The summed E-state index contributed by atoms with van der Waals surface area (Å²) in [5.74, 6) is -0.272. The molecule has 1 aromatic carbocycles. The molecule has 1 N–H and O–H groups in total. The molecule has 1 aliphatic rings. The third-order valence-corrected chi connectivity index (χ3v) is 4.48. The predicted molar refractivity (Wildman–Crippen MR) is 82.3 cm³/mol. The highest BCUT2D eigenvalue weighted by Crippen LogP contribution is 2.25. The first kappa shape index (κ1) is 15.0. The van der Waals surface area contributed by atoms with Gasteiger partial charge in [-0.25, -0.2) is 0 Å². The summed E-state index contributed by atoms with van der Waals surface area (Å²) >= 11 is 3.40. The van der Waals surface area contributed by atoms with Crippen LogP contribution in [0, 0.1) is 5.92 Å². The Balaban J connectivity index is 2.01. The number of carbonyl (C=O) groups is 2. The second kappa shape index (κ2) is 6.39. The van der Waals surface area contributed by atoms with Gasteiger partial charge in [-0.3, -0.25) is 9.59 Å². The van der Waals surface area contributed by atoms with Gasteiger partial charge in [-0.1, -0.05) is 19.1 Å². The molecule has 108 valence electrons. The molecule has 0 bridgehead atoms. The van der Waals surface area contributed by atoms with Crippen molar-refractivity contribution in [2.24, 2.45) is 5.92 Å². The van der Waals surface area contributed by atoms with Gasteiger partial charge in [0.2, 0.25) is 11.8 Å². The average molecular weight is 339 g/mol. The highest BCUT2D eigenvalue weighted by Gasteiger charge is 2.36. The molecular formula is C15H19BrN2O2. The zero-order valence-corrected chi connectivity index (χ0v) is 13.3. The Morgan fingerprint density at radius 1 is 1.50 bits per heavy atom. The normalized spacial score (nSPS) is 20.1. The number of amides is 2. The van der Waals surface area contributed by atoms with Gasteiger partial charge in [0.25, 0.3) is 0 Å². The van der Waals surface area contributed by atoms with Gasteiger partial charge in [-0.2, -0.15) is 0 Å². The van der Waals surface area contributed by atoms with Gasteiger partial charge in [-0.05, 0) is 41.4 Å². The molecule has 0 spiro atoms. The zero-order chi connectivity index (χ0) is 14.7. The van der Waals surface area contributed by atoms with E-state index in [4.69, 9.17) is 0 Å². The van der Waals surface area contributed by atoms with Crippen LogP contribution >= 0.6 is 15.9 Å². The van der Waals surface area contributed by atoms with Crippen molar-refractivity contribution >= 4 is 33.4 Å². The van der Waals surface area contributed by atoms with Crippen LogP contribution in [0.1, 0.15) is 26.7 Å². The van der Waals surface area contributed by atoms with Gasteiger partial charge in [0.05, 0.1) is 11.6 Å². The molecule has 2 unspecified atom stereocenters. The average Bonchev–Trinajstić information content (AvgIpc) is 2.82. The van der Waals surface area contributed by atoms with Gasteiger partial charge in [0, 0.05) is 23.5 Å². The molecule has 0 aliphatic carbocycles. The summed E-state index contributed by atoms with van der Waals surface area (Å²) in [5.41, 5.74) is 0.743. The molecule has 0 saturated carbocycles. The van der Waals surface area contributed by atoms with Crippen LogP contribution in [0.2, 0.25) is 0 Å². The second-order valence-corrected chi connectivity index (χ2v) is 6.03. The lowest BCUT2D eigenvalue weighted by Crippen LogP contribution is -2.35. The molecule has 0 radical (unpaired) electrons. The maximum Gasteiger partial charge on any atom is 0.229 e. The monoisotopic (exact) mass is 338 g/mol. The number of rotatable bonds is 4. The number of hydrogen-bond donors (Lipinski definition) is 1. The van der Waals surface area contributed by atoms with Crippen LogP contribution in [0.3, 0.4) is 0 Å². The molecule has 1 fully saturated rings. The minimum absolute atomic E-state index is 0.0756. The highest BCUT2D eigenvalue weighted by molar-refractivity contribution is 9.10. The highest BCUT2D eigenvalue weighted by atomic mass is 79.9. The lowest BCUT2D eigenvalue weighted by molar-refractivity contribution is -0.129. The van der Waals surface area contributed by atoms with E-state index < -0.39 is 0 Å². The topological polar surface area (TPSA) is 49.4 Å². The first-order valence-corrected chi connectivity index (χ1v) is 7.67. The lowest BCUT2D eigenvalue weighted by atomic mass is 10.1. The number of nitrogens with zero attached hydrogens (tertiary/aromatic N) is 1. The molecule has 20 heavy (non-hydrogen) atoms. The van der Waals surface area contributed by atoms with Crippen LogP contribution in [0.15, 0.2) is 28.7 Å². The number of para-hydroxylation sites is 1. The zero-order valence-electron chi connectivity index (χ0n) is 11.7. The van der Waals surface area contributed by atoms with Crippen LogP contribution in [0.25, 0.3) is 0 Å². The first-order valence-electron chi connectivity index (χ1n) is 6.87. The van der Waals surface area contributed by atoms with Crippen molar-refractivity contribution in [3.8, 4) is 0 Å². The summed E-state index contributed by atoms with van der Waals surface area (Å²) in [6.07, 6.45) is 1.21. The minimum atomic E-state index is -0.261. The van der Waals surface area contributed by atoms with Gasteiger partial charge in [0.15, 0.2) is 0 Å². The third kappa shape index (κ3) is 3.20. The Bertz CT molecular complexity index is 518. The van der Waals surface area contributed by atoms with Crippen molar-refractivity contribution < 1.29 is 9.59 Å². The summed E-state index contributed by atoms with van der Waals surface area (Å²) in [6, 6.07) is 7.67. The fourth-order valence-corrected chi connectivity index (χ4v) is 2.73. The maximum absolute atomic E-state index is 12.3. The summed E-state index contributed by atoms with van der Waals surface area (Å²) in [6.45, 7) is 4.59. The first-order chi connectivity index (χ1) is 9.52. The Morgan fingerprint density at radius 2 is 2.20 bits per heavy atom. The molecule has 1 aromatic rings.